The maximum Gasteiger partial charge on any atom is 0.0669 e. The Kier molecular flexibility index (Phi) is 4.70. The van der Waals surface area contributed by atoms with E-state index in [1.54, 1.807) is 0 Å². The third-order valence-corrected chi connectivity index (χ3v) is 4.12. The van der Waals surface area contributed by atoms with Gasteiger partial charge in [-0.25, -0.2) is 0 Å². The fourth-order valence-electron chi connectivity index (χ4n) is 2.86. The Morgan fingerprint density at radius 1 is 1.42 bits per heavy atom. The van der Waals surface area contributed by atoms with Crippen molar-refractivity contribution in [2.24, 2.45) is 5.41 Å². The van der Waals surface area contributed by atoms with Crippen molar-refractivity contribution in [1.29, 1.82) is 0 Å². The van der Waals surface area contributed by atoms with Gasteiger partial charge in [0.25, 0.3) is 0 Å². The molecule has 2 rings (SSSR count). The maximum atomic E-state index is 10.1. The Morgan fingerprint density at radius 3 is 2.84 bits per heavy atom. The van der Waals surface area contributed by atoms with Crippen LogP contribution in [-0.4, -0.2) is 17.8 Å². The summed E-state index contributed by atoms with van der Waals surface area (Å²) < 4.78 is 1.15. The van der Waals surface area contributed by atoms with E-state index >= 15 is 0 Å². The first-order chi connectivity index (χ1) is 8.85. The quantitative estimate of drug-likeness (QED) is 0.881. The van der Waals surface area contributed by atoms with E-state index in [0.717, 1.165) is 23.7 Å². The van der Waals surface area contributed by atoms with E-state index in [2.05, 4.69) is 60.2 Å². The fourth-order valence-corrected chi connectivity index (χ4v) is 3.26. The minimum atomic E-state index is -0.264. The number of hydrogen-bond donors (Lipinski definition) is 2. The summed E-state index contributed by atoms with van der Waals surface area (Å²) in [6.07, 6.45) is 2.83. The largest absolute Gasteiger partial charge is 0.392 e. The van der Waals surface area contributed by atoms with Crippen molar-refractivity contribution in [1.82, 2.24) is 5.32 Å². The molecule has 0 radical (unpaired) electrons. The molecule has 1 aliphatic carbocycles. The second-order valence-corrected chi connectivity index (χ2v) is 7.68. The predicted octanol–water partition coefficient (Wildman–Crippen LogP) is 3.82. The molecular formula is C16H24BrNO. The highest BCUT2D eigenvalue weighted by molar-refractivity contribution is 9.10. The molecule has 2 N–H and O–H groups in total. The molecule has 1 aromatic rings. The zero-order chi connectivity index (χ0) is 14.0. The Morgan fingerprint density at radius 2 is 2.16 bits per heavy atom. The van der Waals surface area contributed by atoms with Crippen LogP contribution in [0.3, 0.4) is 0 Å². The van der Waals surface area contributed by atoms with Gasteiger partial charge in [0, 0.05) is 17.1 Å². The number of halogens is 1. The molecule has 0 saturated heterocycles. The van der Waals surface area contributed by atoms with Crippen molar-refractivity contribution < 1.29 is 5.11 Å². The third kappa shape index (κ3) is 4.30. The van der Waals surface area contributed by atoms with Crippen molar-refractivity contribution in [2.75, 3.05) is 6.54 Å². The van der Waals surface area contributed by atoms with Crippen LogP contribution in [0.2, 0.25) is 0 Å². The standard InChI is InChI=1S/C16H24BrNO/c1-16(2,3)9-13(19)10-18-15-7-4-11-8-12(17)5-6-14(11)15/h5-6,8,13,15,18-19H,4,7,9-10H2,1-3H3. The van der Waals surface area contributed by atoms with Gasteiger partial charge in [0.1, 0.15) is 0 Å². The van der Waals surface area contributed by atoms with E-state index < -0.39 is 0 Å². The first-order valence-corrected chi connectivity index (χ1v) is 7.84. The van der Waals surface area contributed by atoms with Crippen LogP contribution in [-0.2, 0) is 6.42 Å². The molecule has 0 aromatic heterocycles. The zero-order valence-electron chi connectivity index (χ0n) is 12.0. The first-order valence-electron chi connectivity index (χ1n) is 7.05. The van der Waals surface area contributed by atoms with E-state index in [1.165, 1.54) is 11.1 Å². The summed E-state index contributed by atoms with van der Waals surface area (Å²) in [5.41, 5.74) is 3.00. The van der Waals surface area contributed by atoms with Crippen LogP contribution < -0.4 is 5.32 Å². The molecule has 1 aliphatic rings. The average Bonchev–Trinajstić information content (AvgIpc) is 2.66. The van der Waals surface area contributed by atoms with E-state index in [1.807, 2.05) is 0 Å². The number of hydrogen-bond acceptors (Lipinski definition) is 2. The number of aliphatic hydroxyl groups is 1. The molecule has 0 aliphatic heterocycles. The lowest BCUT2D eigenvalue weighted by atomic mass is 9.89. The molecule has 2 atom stereocenters. The Labute approximate surface area is 124 Å². The van der Waals surface area contributed by atoms with Gasteiger partial charge in [-0.2, -0.15) is 0 Å². The number of aryl methyl sites for hydroxylation is 1. The van der Waals surface area contributed by atoms with Gasteiger partial charge in [0.15, 0.2) is 0 Å². The molecular weight excluding hydrogens is 302 g/mol. The minimum Gasteiger partial charge on any atom is -0.392 e. The van der Waals surface area contributed by atoms with Crippen LogP contribution in [0, 0.1) is 5.41 Å². The zero-order valence-corrected chi connectivity index (χ0v) is 13.6. The topological polar surface area (TPSA) is 32.3 Å². The molecule has 1 aromatic carbocycles. The summed E-state index contributed by atoms with van der Waals surface area (Å²) >= 11 is 3.52. The molecule has 2 unspecified atom stereocenters. The highest BCUT2D eigenvalue weighted by atomic mass is 79.9. The van der Waals surface area contributed by atoms with Gasteiger partial charge in [-0.15, -0.1) is 0 Å². The van der Waals surface area contributed by atoms with Crippen LogP contribution in [0.5, 0.6) is 0 Å². The molecule has 106 valence electrons. The fraction of sp³-hybridized carbons (Fsp3) is 0.625. The van der Waals surface area contributed by atoms with Gasteiger partial charge in [0.05, 0.1) is 6.10 Å². The van der Waals surface area contributed by atoms with Gasteiger partial charge in [-0.1, -0.05) is 42.8 Å². The number of aliphatic hydroxyl groups excluding tert-OH is 1. The Balaban J connectivity index is 1.89. The summed E-state index contributed by atoms with van der Waals surface area (Å²) in [5.74, 6) is 0. The number of fused-ring (bicyclic) bond motifs is 1. The molecule has 19 heavy (non-hydrogen) atoms. The lowest BCUT2D eigenvalue weighted by Crippen LogP contribution is -2.32. The SMILES string of the molecule is CC(C)(C)CC(O)CNC1CCc2cc(Br)ccc21. The molecule has 0 spiro atoms. The molecule has 0 bridgehead atoms. The number of benzene rings is 1. The van der Waals surface area contributed by atoms with E-state index in [0.29, 0.717) is 12.6 Å². The van der Waals surface area contributed by atoms with Crippen molar-refractivity contribution in [3.05, 3.63) is 33.8 Å². The normalized spacial score (nSPS) is 20.4. The molecule has 0 fully saturated rings. The highest BCUT2D eigenvalue weighted by Gasteiger charge is 2.23. The Hall–Kier alpha value is -0.380. The van der Waals surface area contributed by atoms with Gasteiger partial charge in [-0.05, 0) is 47.9 Å². The minimum absolute atomic E-state index is 0.180. The number of nitrogens with one attached hydrogen (secondary N) is 1. The van der Waals surface area contributed by atoms with E-state index in [9.17, 15) is 5.11 Å². The van der Waals surface area contributed by atoms with Crippen molar-refractivity contribution in [2.45, 2.75) is 52.2 Å². The maximum absolute atomic E-state index is 10.1. The van der Waals surface area contributed by atoms with Gasteiger partial charge >= 0.3 is 0 Å². The second kappa shape index (κ2) is 5.94. The Bertz CT molecular complexity index is 439. The second-order valence-electron chi connectivity index (χ2n) is 6.76. The van der Waals surface area contributed by atoms with Crippen LogP contribution in [0.4, 0.5) is 0 Å². The predicted molar refractivity (Wildman–Crippen MR) is 83.3 cm³/mol. The molecule has 2 nitrogen and oxygen atoms in total. The van der Waals surface area contributed by atoms with Gasteiger partial charge in [0.2, 0.25) is 0 Å². The van der Waals surface area contributed by atoms with Crippen molar-refractivity contribution >= 4 is 15.9 Å². The summed E-state index contributed by atoms with van der Waals surface area (Å²) in [6.45, 7) is 7.17. The van der Waals surface area contributed by atoms with Crippen molar-refractivity contribution in [3.8, 4) is 0 Å². The summed E-state index contributed by atoms with van der Waals surface area (Å²) in [7, 11) is 0. The molecule has 3 heteroatoms. The van der Waals surface area contributed by atoms with Gasteiger partial charge < -0.3 is 10.4 Å². The molecule has 0 heterocycles. The highest BCUT2D eigenvalue weighted by Crippen LogP contribution is 2.33. The summed E-state index contributed by atoms with van der Waals surface area (Å²) in [4.78, 5) is 0. The molecule has 0 amide bonds. The van der Waals surface area contributed by atoms with Crippen LogP contribution in [0.1, 0.15) is 50.8 Å². The van der Waals surface area contributed by atoms with Gasteiger partial charge in [-0.3, -0.25) is 0 Å². The smallest absolute Gasteiger partial charge is 0.0669 e. The number of rotatable bonds is 4. The third-order valence-electron chi connectivity index (χ3n) is 3.63. The lowest BCUT2D eigenvalue weighted by Gasteiger charge is -2.24. The van der Waals surface area contributed by atoms with E-state index in [-0.39, 0.29) is 11.5 Å². The average molecular weight is 326 g/mol. The van der Waals surface area contributed by atoms with Crippen LogP contribution in [0.25, 0.3) is 0 Å². The van der Waals surface area contributed by atoms with Crippen molar-refractivity contribution in [3.63, 3.8) is 0 Å². The van der Waals surface area contributed by atoms with E-state index in [4.69, 9.17) is 0 Å². The summed E-state index contributed by atoms with van der Waals surface area (Å²) in [5, 5.41) is 13.6. The summed E-state index contributed by atoms with van der Waals surface area (Å²) in [6, 6.07) is 6.91. The lowest BCUT2D eigenvalue weighted by molar-refractivity contribution is 0.116. The van der Waals surface area contributed by atoms with Crippen LogP contribution in [0.15, 0.2) is 22.7 Å². The monoisotopic (exact) mass is 325 g/mol. The first kappa shape index (κ1) is 15.0. The van der Waals surface area contributed by atoms with Crippen LogP contribution >= 0.6 is 15.9 Å². The molecule has 0 saturated carbocycles.